The maximum absolute atomic E-state index is 12.3. The van der Waals surface area contributed by atoms with Gasteiger partial charge in [-0.1, -0.05) is 60.3 Å². The minimum Gasteiger partial charge on any atom is -0.301 e. The van der Waals surface area contributed by atoms with Crippen molar-refractivity contribution in [1.82, 2.24) is 19.7 Å². The number of thiazole rings is 1. The monoisotopic (exact) mass is 461 g/mol. The van der Waals surface area contributed by atoms with Gasteiger partial charge in [0.25, 0.3) is 0 Å². The zero-order valence-corrected chi connectivity index (χ0v) is 19.4. The van der Waals surface area contributed by atoms with Crippen molar-refractivity contribution in [3.8, 4) is 0 Å². The number of hydrogen-bond acceptors (Lipinski definition) is 6. The second kappa shape index (κ2) is 9.26. The quantitative estimate of drug-likeness (QED) is 0.318. The number of nitrogens with zero attached hydrogens (tertiary/aromatic N) is 5. The lowest BCUT2D eigenvalue weighted by Crippen LogP contribution is -2.22. The Morgan fingerprint density at radius 2 is 1.81 bits per heavy atom. The fraction of sp³-hybridized carbons (Fsp3) is 0.250. The lowest BCUT2D eigenvalue weighted by molar-refractivity contribution is -0.115. The molecular weight excluding hydrogens is 438 g/mol. The average molecular weight is 462 g/mol. The minimum atomic E-state index is -0.0542. The second-order valence-corrected chi connectivity index (χ2v) is 9.57. The van der Waals surface area contributed by atoms with Crippen molar-refractivity contribution in [2.75, 3.05) is 4.90 Å². The van der Waals surface area contributed by atoms with Crippen LogP contribution in [0.3, 0.4) is 0 Å². The predicted molar refractivity (Wildman–Crippen MR) is 128 cm³/mol. The molecule has 32 heavy (non-hydrogen) atoms. The molecule has 0 aliphatic heterocycles. The van der Waals surface area contributed by atoms with Crippen molar-refractivity contribution in [3.05, 3.63) is 83.1 Å². The van der Waals surface area contributed by atoms with E-state index < -0.39 is 0 Å². The van der Waals surface area contributed by atoms with Crippen molar-refractivity contribution >= 4 is 39.8 Å². The molecule has 1 fully saturated rings. The molecule has 1 aliphatic carbocycles. The highest BCUT2D eigenvalue weighted by atomic mass is 32.2. The Kier molecular flexibility index (Phi) is 6.05. The minimum absolute atomic E-state index is 0.0542. The third-order valence-electron chi connectivity index (χ3n) is 5.28. The third-order valence-corrected chi connectivity index (χ3v) is 7.16. The predicted octanol–water partition coefficient (Wildman–Crippen LogP) is 5.64. The van der Waals surface area contributed by atoms with Crippen molar-refractivity contribution in [3.63, 3.8) is 0 Å². The number of hydrogen-bond donors (Lipinski definition) is 0. The van der Waals surface area contributed by atoms with Crippen molar-refractivity contribution in [2.24, 2.45) is 0 Å². The summed E-state index contributed by atoms with van der Waals surface area (Å²) >= 11 is 3.13. The first-order chi connectivity index (χ1) is 15.7. The summed E-state index contributed by atoms with van der Waals surface area (Å²) in [7, 11) is 0. The van der Waals surface area contributed by atoms with Crippen molar-refractivity contribution < 1.29 is 4.79 Å². The molecule has 0 radical (unpaired) electrons. The number of carbonyl (C=O) groups is 1. The first-order valence-electron chi connectivity index (χ1n) is 10.6. The summed E-state index contributed by atoms with van der Waals surface area (Å²) < 4.78 is 2.25. The van der Waals surface area contributed by atoms with Crippen LogP contribution in [0.4, 0.5) is 10.8 Å². The molecule has 162 valence electrons. The van der Waals surface area contributed by atoms with Crippen LogP contribution in [0.25, 0.3) is 0 Å². The molecule has 1 aliphatic rings. The number of amides is 1. The molecular formula is C24H23N5OS2. The van der Waals surface area contributed by atoms with Crippen molar-refractivity contribution in [1.29, 1.82) is 0 Å². The molecule has 0 atom stereocenters. The van der Waals surface area contributed by atoms with Gasteiger partial charge in [0.05, 0.1) is 17.9 Å². The summed E-state index contributed by atoms with van der Waals surface area (Å²) in [5.74, 6) is 2.24. The molecule has 0 saturated heterocycles. The van der Waals surface area contributed by atoms with Crippen LogP contribution in [-0.2, 0) is 17.1 Å². The zero-order valence-electron chi connectivity index (χ0n) is 17.7. The summed E-state index contributed by atoms with van der Waals surface area (Å²) in [5, 5.41) is 12.6. The Morgan fingerprint density at radius 1 is 1.09 bits per heavy atom. The smallest absolute Gasteiger partial charge is 0.230 e. The van der Waals surface area contributed by atoms with Crippen LogP contribution in [0.5, 0.6) is 0 Å². The van der Waals surface area contributed by atoms with Crippen LogP contribution in [0.2, 0.25) is 0 Å². The van der Waals surface area contributed by atoms with Gasteiger partial charge in [0.2, 0.25) is 5.91 Å². The molecule has 0 unspecified atom stereocenters. The molecule has 0 bridgehead atoms. The van der Waals surface area contributed by atoms with Gasteiger partial charge in [-0.3, -0.25) is 9.69 Å². The van der Waals surface area contributed by atoms with Crippen LogP contribution < -0.4 is 4.90 Å². The van der Waals surface area contributed by atoms with E-state index in [0.717, 1.165) is 28.9 Å². The molecule has 4 aromatic rings. The van der Waals surface area contributed by atoms with Gasteiger partial charge in [-0.05, 0) is 30.5 Å². The van der Waals surface area contributed by atoms with Gasteiger partial charge in [-0.15, -0.1) is 21.5 Å². The fourth-order valence-electron chi connectivity index (χ4n) is 3.57. The maximum Gasteiger partial charge on any atom is 0.230 e. The highest BCUT2D eigenvalue weighted by Crippen LogP contribution is 2.40. The summed E-state index contributed by atoms with van der Waals surface area (Å²) in [4.78, 5) is 18.7. The highest BCUT2D eigenvalue weighted by molar-refractivity contribution is 7.98. The molecule has 1 saturated carbocycles. The van der Waals surface area contributed by atoms with E-state index in [4.69, 9.17) is 4.98 Å². The normalized spacial score (nSPS) is 13.3. The maximum atomic E-state index is 12.3. The molecule has 5 rings (SSSR count). The number of anilines is 2. The molecule has 2 aromatic carbocycles. The summed E-state index contributed by atoms with van der Waals surface area (Å²) in [6, 6.07) is 20.1. The van der Waals surface area contributed by atoms with Crippen LogP contribution in [0.1, 0.15) is 42.8 Å². The van der Waals surface area contributed by atoms with Crippen LogP contribution in [0.15, 0.2) is 71.2 Å². The number of carbonyl (C=O) groups excluding carboxylic acids is 1. The van der Waals surface area contributed by atoms with Gasteiger partial charge in [0.1, 0.15) is 5.82 Å². The Balaban J connectivity index is 1.33. The molecule has 0 N–H and O–H groups in total. The first-order valence-corrected chi connectivity index (χ1v) is 12.5. The van der Waals surface area contributed by atoms with Gasteiger partial charge >= 0.3 is 0 Å². The van der Waals surface area contributed by atoms with E-state index in [1.54, 1.807) is 23.6 Å². The topological polar surface area (TPSA) is 63.9 Å². The standard InChI is InChI=1S/C24H23N5OS2/c1-17(30)29(21-10-6-3-7-11-21)23-25-20(15-31-23)16-32-24-27-26-22(19-12-13-19)28(24)14-18-8-4-2-5-9-18/h2-11,15,19H,12-14,16H2,1H3. The Labute approximate surface area is 195 Å². The molecule has 8 heteroatoms. The Bertz CT molecular complexity index is 1200. The van der Waals surface area contributed by atoms with E-state index in [0.29, 0.717) is 16.8 Å². The van der Waals surface area contributed by atoms with E-state index in [2.05, 4.69) is 39.0 Å². The Morgan fingerprint density at radius 3 is 2.50 bits per heavy atom. The van der Waals surface area contributed by atoms with Gasteiger partial charge in [0.15, 0.2) is 10.3 Å². The van der Waals surface area contributed by atoms with E-state index >= 15 is 0 Å². The lowest BCUT2D eigenvalue weighted by Gasteiger charge is -2.17. The largest absolute Gasteiger partial charge is 0.301 e. The highest BCUT2D eigenvalue weighted by Gasteiger charge is 2.30. The van der Waals surface area contributed by atoms with Gasteiger partial charge < -0.3 is 4.57 Å². The Hall–Kier alpha value is -2.97. The van der Waals surface area contributed by atoms with E-state index in [9.17, 15) is 4.79 Å². The first kappa shape index (κ1) is 20.9. The number of para-hydroxylation sites is 1. The average Bonchev–Trinajstić information content (AvgIpc) is 3.42. The summed E-state index contributed by atoms with van der Waals surface area (Å²) in [6.45, 7) is 2.34. The third kappa shape index (κ3) is 4.61. The van der Waals surface area contributed by atoms with Gasteiger partial charge in [0, 0.05) is 24.0 Å². The van der Waals surface area contributed by atoms with E-state index in [-0.39, 0.29) is 5.91 Å². The number of thioether (sulfide) groups is 1. The van der Waals surface area contributed by atoms with Crippen LogP contribution in [0, 0.1) is 0 Å². The zero-order chi connectivity index (χ0) is 21.9. The summed E-state index contributed by atoms with van der Waals surface area (Å²) in [5.41, 5.74) is 3.00. The second-order valence-electron chi connectivity index (χ2n) is 7.79. The molecule has 2 heterocycles. The SMILES string of the molecule is CC(=O)N(c1ccccc1)c1nc(CSc2nnc(C3CC3)n2Cc2ccccc2)cs1. The van der Waals surface area contributed by atoms with E-state index in [1.807, 2.05) is 41.8 Å². The van der Waals surface area contributed by atoms with Gasteiger partial charge in [-0.2, -0.15) is 0 Å². The van der Waals surface area contributed by atoms with Gasteiger partial charge in [-0.25, -0.2) is 4.98 Å². The molecule has 6 nitrogen and oxygen atoms in total. The van der Waals surface area contributed by atoms with Crippen LogP contribution >= 0.6 is 23.1 Å². The molecule has 1 amide bonds. The van der Waals surface area contributed by atoms with Crippen molar-refractivity contribution in [2.45, 2.75) is 43.1 Å². The number of rotatable bonds is 8. The van der Waals surface area contributed by atoms with Crippen LogP contribution in [-0.4, -0.2) is 25.7 Å². The number of benzene rings is 2. The van der Waals surface area contributed by atoms with E-state index in [1.165, 1.54) is 29.7 Å². The molecule has 2 aromatic heterocycles. The summed E-state index contributed by atoms with van der Waals surface area (Å²) in [6.07, 6.45) is 2.38. The fourth-order valence-corrected chi connectivity index (χ4v) is 5.40. The lowest BCUT2D eigenvalue weighted by atomic mass is 10.2. The molecule has 0 spiro atoms. The number of aromatic nitrogens is 4.